The molecule has 1 heterocycles. The first-order valence-corrected chi connectivity index (χ1v) is 6.22. The Morgan fingerprint density at radius 3 is 2.78 bits per heavy atom. The minimum atomic E-state index is -0.206. The highest BCUT2D eigenvalue weighted by Gasteiger charge is 2.20. The van der Waals surface area contributed by atoms with Gasteiger partial charge in [-0.2, -0.15) is 5.10 Å². The zero-order chi connectivity index (χ0) is 13.7. The van der Waals surface area contributed by atoms with Crippen LogP contribution in [0.4, 0.5) is 5.69 Å². The summed E-state index contributed by atoms with van der Waals surface area (Å²) in [4.78, 5) is 12.1. The summed E-state index contributed by atoms with van der Waals surface area (Å²) in [6.07, 6.45) is 0. The summed E-state index contributed by atoms with van der Waals surface area (Å²) in [6.45, 7) is 9.26. The van der Waals surface area contributed by atoms with E-state index in [0.717, 1.165) is 0 Å². The molecule has 1 amide bonds. The molecule has 1 unspecified atom stereocenters. The summed E-state index contributed by atoms with van der Waals surface area (Å²) in [5.74, 6) is -0.206. The second-order valence-electron chi connectivity index (χ2n) is 4.20. The predicted molar refractivity (Wildman–Crippen MR) is 70.5 cm³/mol. The van der Waals surface area contributed by atoms with Crippen LogP contribution in [0.25, 0.3) is 0 Å². The third-order valence-electron chi connectivity index (χ3n) is 2.64. The molecule has 0 aliphatic carbocycles. The van der Waals surface area contributed by atoms with Gasteiger partial charge in [0, 0.05) is 19.2 Å². The number of nitrogen functional groups attached to an aromatic ring is 1. The van der Waals surface area contributed by atoms with Crippen molar-refractivity contribution in [2.45, 2.75) is 40.3 Å². The Kier molecular flexibility index (Phi) is 5.15. The molecular weight excluding hydrogens is 232 g/mol. The van der Waals surface area contributed by atoms with E-state index in [-0.39, 0.29) is 11.9 Å². The molecule has 18 heavy (non-hydrogen) atoms. The number of hydrogen-bond acceptors (Lipinski definition) is 4. The number of ether oxygens (including phenoxy) is 1. The molecule has 1 aromatic heterocycles. The van der Waals surface area contributed by atoms with E-state index >= 15 is 0 Å². The van der Waals surface area contributed by atoms with Gasteiger partial charge in [0.15, 0.2) is 0 Å². The van der Waals surface area contributed by atoms with Gasteiger partial charge in [-0.15, -0.1) is 0 Å². The van der Waals surface area contributed by atoms with Crippen molar-refractivity contribution >= 4 is 11.6 Å². The first-order chi connectivity index (χ1) is 8.51. The lowest BCUT2D eigenvalue weighted by molar-refractivity contribution is 0.0863. The van der Waals surface area contributed by atoms with Crippen LogP contribution >= 0.6 is 0 Å². The fraction of sp³-hybridized carbons (Fsp3) is 0.667. The van der Waals surface area contributed by atoms with Crippen LogP contribution in [0.2, 0.25) is 0 Å². The molecular formula is C12H22N4O2. The number of anilines is 1. The second kappa shape index (κ2) is 6.39. The highest BCUT2D eigenvalue weighted by atomic mass is 16.5. The maximum Gasteiger partial charge on any atom is 0.272 e. The van der Waals surface area contributed by atoms with Crippen LogP contribution in [0.15, 0.2) is 0 Å². The van der Waals surface area contributed by atoms with Crippen molar-refractivity contribution in [3.8, 4) is 0 Å². The van der Waals surface area contributed by atoms with Gasteiger partial charge in [0.05, 0.1) is 18.0 Å². The molecule has 0 fully saturated rings. The van der Waals surface area contributed by atoms with Crippen LogP contribution in [0.5, 0.6) is 0 Å². The van der Waals surface area contributed by atoms with Gasteiger partial charge in [0.2, 0.25) is 0 Å². The monoisotopic (exact) mass is 254 g/mol. The largest absolute Gasteiger partial charge is 0.395 e. The van der Waals surface area contributed by atoms with Gasteiger partial charge in [-0.25, -0.2) is 0 Å². The molecule has 6 nitrogen and oxygen atoms in total. The number of hydrogen-bond donors (Lipinski definition) is 2. The first-order valence-electron chi connectivity index (χ1n) is 6.22. The van der Waals surface area contributed by atoms with Crippen molar-refractivity contribution in [1.82, 2.24) is 15.1 Å². The van der Waals surface area contributed by atoms with Crippen molar-refractivity contribution in [1.29, 1.82) is 0 Å². The molecule has 0 aliphatic heterocycles. The van der Waals surface area contributed by atoms with Crippen molar-refractivity contribution in [2.24, 2.45) is 0 Å². The zero-order valence-corrected chi connectivity index (χ0v) is 11.5. The summed E-state index contributed by atoms with van der Waals surface area (Å²) < 4.78 is 6.87. The van der Waals surface area contributed by atoms with Crippen molar-refractivity contribution in [3.05, 3.63) is 11.4 Å². The van der Waals surface area contributed by atoms with Crippen molar-refractivity contribution in [3.63, 3.8) is 0 Å². The number of nitrogens with two attached hydrogens (primary N) is 1. The van der Waals surface area contributed by atoms with Gasteiger partial charge >= 0.3 is 0 Å². The van der Waals surface area contributed by atoms with Gasteiger partial charge in [0.1, 0.15) is 5.69 Å². The SMILES string of the molecule is CCOCC(C)NC(=O)c1c(N)c(C)nn1CC. The van der Waals surface area contributed by atoms with Crippen LogP contribution in [-0.4, -0.2) is 34.9 Å². The summed E-state index contributed by atoms with van der Waals surface area (Å²) >= 11 is 0. The summed E-state index contributed by atoms with van der Waals surface area (Å²) in [5, 5.41) is 7.07. The first kappa shape index (κ1) is 14.5. The topological polar surface area (TPSA) is 82.2 Å². The molecule has 1 atom stereocenters. The number of carbonyl (C=O) groups is 1. The average Bonchev–Trinajstić information content (AvgIpc) is 2.62. The Hall–Kier alpha value is -1.56. The lowest BCUT2D eigenvalue weighted by atomic mass is 10.2. The minimum absolute atomic E-state index is 0.0580. The molecule has 6 heteroatoms. The fourth-order valence-corrected chi connectivity index (χ4v) is 1.69. The van der Waals surface area contributed by atoms with Crippen LogP contribution in [0.1, 0.15) is 37.0 Å². The Morgan fingerprint density at radius 2 is 2.22 bits per heavy atom. The van der Waals surface area contributed by atoms with Gasteiger partial charge in [-0.05, 0) is 27.7 Å². The van der Waals surface area contributed by atoms with E-state index in [2.05, 4.69) is 10.4 Å². The molecule has 0 spiro atoms. The molecule has 1 aromatic rings. The Labute approximate surface area is 107 Å². The highest BCUT2D eigenvalue weighted by molar-refractivity contribution is 5.98. The van der Waals surface area contributed by atoms with E-state index in [1.54, 1.807) is 11.6 Å². The molecule has 0 radical (unpaired) electrons. The van der Waals surface area contributed by atoms with E-state index in [0.29, 0.717) is 36.8 Å². The number of amides is 1. The molecule has 0 aromatic carbocycles. The van der Waals surface area contributed by atoms with Gasteiger partial charge in [0.25, 0.3) is 5.91 Å². The number of nitrogens with zero attached hydrogens (tertiary/aromatic N) is 2. The van der Waals surface area contributed by atoms with Gasteiger partial charge in [-0.1, -0.05) is 0 Å². The standard InChI is InChI=1S/C12H22N4O2/c1-5-16-11(10(13)9(4)15-16)12(17)14-8(3)7-18-6-2/h8H,5-7,13H2,1-4H3,(H,14,17). The molecule has 102 valence electrons. The van der Waals surface area contributed by atoms with Crippen LogP contribution in [0, 0.1) is 6.92 Å². The smallest absolute Gasteiger partial charge is 0.272 e. The summed E-state index contributed by atoms with van der Waals surface area (Å²) in [6, 6.07) is -0.0580. The van der Waals surface area contributed by atoms with E-state index in [1.807, 2.05) is 20.8 Å². The number of nitrogens with one attached hydrogen (secondary N) is 1. The third-order valence-corrected chi connectivity index (χ3v) is 2.64. The maximum atomic E-state index is 12.1. The van der Waals surface area contributed by atoms with E-state index in [4.69, 9.17) is 10.5 Å². The molecule has 1 rings (SSSR count). The van der Waals surface area contributed by atoms with Gasteiger partial charge in [-0.3, -0.25) is 9.48 Å². The molecule has 3 N–H and O–H groups in total. The normalized spacial score (nSPS) is 12.4. The van der Waals surface area contributed by atoms with Crippen LogP contribution < -0.4 is 11.1 Å². The lowest BCUT2D eigenvalue weighted by Gasteiger charge is -2.14. The average molecular weight is 254 g/mol. The summed E-state index contributed by atoms with van der Waals surface area (Å²) in [5.41, 5.74) is 7.43. The molecule has 0 saturated heterocycles. The molecule has 0 aliphatic rings. The van der Waals surface area contributed by atoms with Crippen LogP contribution in [-0.2, 0) is 11.3 Å². The number of aromatic nitrogens is 2. The van der Waals surface area contributed by atoms with E-state index < -0.39 is 0 Å². The Balaban J connectivity index is 2.77. The fourth-order valence-electron chi connectivity index (χ4n) is 1.69. The molecule has 0 bridgehead atoms. The number of rotatable bonds is 6. The summed E-state index contributed by atoms with van der Waals surface area (Å²) in [7, 11) is 0. The van der Waals surface area contributed by atoms with Crippen molar-refractivity contribution < 1.29 is 9.53 Å². The van der Waals surface area contributed by atoms with E-state index in [9.17, 15) is 4.79 Å². The lowest BCUT2D eigenvalue weighted by Crippen LogP contribution is -2.37. The van der Waals surface area contributed by atoms with Gasteiger partial charge < -0.3 is 15.8 Å². The van der Waals surface area contributed by atoms with Crippen molar-refractivity contribution in [2.75, 3.05) is 18.9 Å². The minimum Gasteiger partial charge on any atom is -0.395 e. The van der Waals surface area contributed by atoms with Crippen LogP contribution in [0.3, 0.4) is 0 Å². The number of carbonyl (C=O) groups excluding carboxylic acids is 1. The quantitative estimate of drug-likeness (QED) is 0.791. The zero-order valence-electron chi connectivity index (χ0n) is 11.5. The third kappa shape index (κ3) is 3.22. The Bertz CT molecular complexity index is 414. The van der Waals surface area contributed by atoms with E-state index in [1.165, 1.54) is 0 Å². The molecule has 0 saturated carbocycles. The Morgan fingerprint density at radius 1 is 1.56 bits per heavy atom. The second-order valence-corrected chi connectivity index (χ2v) is 4.20. The maximum absolute atomic E-state index is 12.1. The number of aryl methyl sites for hydroxylation is 2. The predicted octanol–water partition coefficient (Wildman–Crippen LogP) is 0.948. The highest BCUT2D eigenvalue weighted by Crippen LogP contribution is 2.16.